The van der Waals surface area contributed by atoms with Crippen LogP contribution in [0, 0.1) is 0 Å². The van der Waals surface area contributed by atoms with Crippen LogP contribution in [-0.2, 0) is 13.0 Å². The van der Waals surface area contributed by atoms with Crippen LogP contribution in [0.3, 0.4) is 0 Å². The van der Waals surface area contributed by atoms with Crippen molar-refractivity contribution in [1.82, 2.24) is 15.3 Å². The van der Waals surface area contributed by atoms with E-state index in [1.165, 1.54) is 11.1 Å². The van der Waals surface area contributed by atoms with Gasteiger partial charge in [0.05, 0.1) is 5.69 Å². The Morgan fingerprint density at radius 3 is 3.11 bits per heavy atom. The Kier molecular flexibility index (Phi) is 3.26. The van der Waals surface area contributed by atoms with Crippen molar-refractivity contribution < 1.29 is 0 Å². The van der Waals surface area contributed by atoms with Gasteiger partial charge in [-0.1, -0.05) is 17.7 Å². The van der Waals surface area contributed by atoms with Gasteiger partial charge in [-0.25, -0.2) is 9.97 Å². The second-order valence-electron chi connectivity index (χ2n) is 4.52. The summed E-state index contributed by atoms with van der Waals surface area (Å²) in [5.74, 6) is 0. The Morgan fingerprint density at radius 2 is 2.28 bits per heavy atom. The van der Waals surface area contributed by atoms with Crippen molar-refractivity contribution in [3.05, 3.63) is 58.6 Å². The lowest BCUT2D eigenvalue weighted by Crippen LogP contribution is -2.19. The van der Waals surface area contributed by atoms with Gasteiger partial charge in [0, 0.05) is 23.8 Å². The highest BCUT2D eigenvalue weighted by Crippen LogP contribution is 2.32. The molecule has 0 spiro atoms. The first-order chi connectivity index (χ1) is 8.83. The van der Waals surface area contributed by atoms with Crippen LogP contribution in [0.2, 0.25) is 5.02 Å². The quantitative estimate of drug-likeness (QED) is 0.921. The highest BCUT2D eigenvalue weighted by Gasteiger charge is 2.21. The van der Waals surface area contributed by atoms with Crippen LogP contribution in [0.4, 0.5) is 0 Å². The molecular formula is C14H14ClN3. The van der Waals surface area contributed by atoms with Gasteiger partial charge in [-0.05, 0) is 42.2 Å². The molecule has 0 bridgehead atoms. The van der Waals surface area contributed by atoms with E-state index in [4.69, 9.17) is 11.6 Å². The molecule has 1 aliphatic carbocycles. The van der Waals surface area contributed by atoms with Crippen molar-refractivity contribution in [2.75, 3.05) is 0 Å². The predicted octanol–water partition coefficient (Wildman–Crippen LogP) is 2.91. The van der Waals surface area contributed by atoms with Crippen LogP contribution in [0.1, 0.15) is 29.3 Å². The van der Waals surface area contributed by atoms with Crippen LogP contribution < -0.4 is 5.32 Å². The molecule has 18 heavy (non-hydrogen) atoms. The zero-order chi connectivity index (χ0) is 12.4. The molecule has 1 N–H and O–H groups in total. The molecule has 3 rings (SSSR count). The van der Waals surface area contributed by atoms with Gasteiger partial charge in [0.2, 0.25) is 0 Å². The van der Waals surface area contributed by atoms with Gasteiger partial charge in [0.25, 0.3) is 0 Å². The fourth-order valence-electron chi connectivity index (χ4n) is 2.45. The summed E-state index contributed by atoms with van der Waals surface area (Å²) in [6, 6.07) is 8.51. The fraction of sp³-hybridized carbons (Fsp3) is 0.286. The molecule has 0 radical (unpaired) electrons. The number of benzene rings is 1. The highest BCUT2D eigenvalue weighted by molar-refractivity contribution is 6.30. The third kappa shape index (κ3) is 2.37. The van der Waals surface area contributed by atoms with E-state index in [1.54, 1.807) is 12.5 Å². The molecule has 1 aliphatic rings. The van der Waals surface area contributed by atoms with E-state index in [2.05, 4.69) is 27.4 Å². The van der Waals surface area contributed by atoms with Gasteiger partial charge in [-0.15, -0.1) is 0 Å². The Labute approximate surface area is 111 Å². The minimum Gasteiger partial charge on any atom is -0.304 e. The molecule has 3 nitrogen and oxygen atoms in total. The molecule has 92 valence electrons. The molecule has 0 fully saturated rings. The van der Waals surface area contributed by atoms with E-state index in [1.807, 2.05) is 12.1 Å². The third-order valence-electron chi connectivity index (χ3n) is 3.36. The van der Waals surface area contributed by atoms with Crippen LogP contribution in [-0.4, -0.2) is 9.97 Å². The summed E-state index contributed by atoms with van der Waals surface area (Å²) in [5.41, 5.74) is 3.75. The smallest absolute Gasteiger partial charge is 0.115 e. The molecule has 0 amide bonds. The zero-order valence-electron chi connectivity index (χ0n) is 9.94. The average Bonchev–Trinajstić information content (AvgIpc) is 2.80. The Bertz CT molecular complexity index is 542. The van der Waals surface area contributed by atoms with Gasteiger partial charge in [-0.3, -0.25) is 0 Å². The van der Waals surface area contributed by atoms with Gasteiger partial charge in [-0.2, -0.15) is 0 Å². The monoisotopic (exact) mass is 259 g/mol. The second kappa shape index (κ2) is 5.04. The van der Waals surface area contributed by atoms with E-state index >= 15 is 0 Å². The van der Waals surface area contributed by atoms with Crippen LogP contribution in [0.25, 0.3) is 0 Å². The predicted molar refractivity (Wildman–Crippen MR) is 71.4 cm³/mol. The van der Waals surface area contributed by atoms with Crippen LogP contribution >= 0.6 is 11.6 Å². The Hall–Kier alpha value is -1.45. The van der Waals surface area contributed by atoms with Crippen molar-refractivity contribution in [2.45, 2.75) is 25.4 Å². The molecule has 0 aliphatic heterocycles. The number of hydrogen-bond donors (Lipinski definition) is 1. The third-order valence-corrected chi connectivity index (χ3v) is 3.59. The standard InChI is InChI=1S/C14H14ClN3/c15-11-2-3-13-10(7-11)1-4-14(13)17-8-12-5-6-16-9-18-12/h2-3,5-7,9,14,17H,1,4,8H2. The summed E-state index contributed by atoms with van der Waals surface area (Å²) in [5, 5.41) is 4.36. The zero-order valence-corrected chi connectivity index (χ0v) is 10.7. The molecule has 1 atom stereocenters. The van der Waals surface area contributed by atoms with E-state index in [0.717, 1.165) is 30.1 Å². The molecule has 1 aromatic heterocycles. The normalized spacial score (nSPS) is 17.7. The van der Waals surface area contributed by atoms with Crippen LogP contribution in [0.15, 0.2) is 36.8 Å². The topological polar surface area (TPSA) is 37.8 Å². The van der Waals surface area contributed by atoms with Gasteiger partial charge in [0.1, 0.15) is 6.33 Å². The SMILES string of the molecule is Clc1ccc2c(c1)CCC2NCc1ccncn1. The minimum absolute atomic E-state index is 0.409. The second-order valence-corrected chi connectivity index (χ2v) is 4.95. The lowest BCUT2D eigenvalue weighted by molar-refractivity contribution is 0.525. The molecule has 0 saturated heterocycles. The summed E-state index contributed by atoms with van der Waals surface area (Å²) in [6.07, 6.45) is 5.57. The van der Waals surface area contributed by atoms with Gasteiger partial charge in [0.15, 0.2) is 0 Å². The maximum absolute atomic E-state index is 6.01. The fourth-order valence-corrected chi connectivity index (χ4v) is 2.64. The summed E-state index contributed by atoms with van der Waals surface area (Å²) in [6.45, 7) is 0.773. The summed E-state index contributed by atoms with van der Waals surface area (Å²) < 4.78 is 0. The van der Waals surface area contributed by atoms with Crippen molar-refractivity contribution in [2.24, 2.45) is 0 Å². The van der Waals surface area contributed by atoms with Gasteiger partial charge >= 0.3 is 0 Å². The van der Waals surface area contributed by atoms with E-state index in [0.29, 0.717) is 6.04 Å². The minimum atomic E-state index is 0.409. The van der Waals surface area contributed by atoms with Crippen molar-refractivity contribution in [3.8, 4) is 0 Å². The molecule has 0 saturated carbocycles. The van der Waals surface area contributed by atoms with Crippen molar-refractivity contribution in [3.63, 3.8) is 0 Å². The summed E-state index contributed by atoms with van der Waals surface area (Å²) in [7, 11) is 0. The molecule has 1 aromatic carbocycles. The molecule has 1 heterocycles. The molecule has 2 aromatic rings. The number of fused-ring (bicyclic) bond motifs is 1. The maximum Gasteiger partial charge on any atom is 0.115 e. The number of hydrogen-bond acceptors (Lipinski definition) is 3. The molecular weight excluding hydrogens is 246 g/mol. The Morgan fingerprint density at radius 1 is 1.33 bits per heavy atom. The number of aryl methyl sites for hydroxylation is 1. The lowest BCUT2D eigenvalue weighted by Gasteiger charge is -2.13. The number of nitrogens with one attached hydrogen (secondary N) is 1. The number of halogens is 1. The largest absolute Gasteiger partial charge is 0.304 e. The number of rotatable bonds is 3. The Balaban J connectivity index is 1.70. The van der Waals surface area contributed by atoms with E-state index < -0.39 is 0 Å². The summed E-state index contributed by atoms with van der Waals surface area (Å²) >= 11 is 6.01. The van der Waals surface area contributed by atoms with E-state index in [-0.39, 0.29) is 0 Å². The van der Waals surface area contributed by atoms with Crippen molar-refractivity contribution in [1.29, 1.82) is 0 Å². The lowest BCUT2D eigenvalue weighted by atomic mass is 10.1. The number of aromatic nitrogens is 2. The molecule has 4 heteroatoms. The van der Waals surface area contributed by atoms with Crippen LogP contribution in [0.5, 0.6) is 0 Å². The maximum atomic E-state index is 6.01. The van der Waals surface area contributed by atoms with Crippen molar-refractivity contribution >= 4 is 11.6 Å². The molecule has 1 unspecified atom stereocenters. The van der Waals surface area contributed by atoms with Gasteiger partial charge < -0.3 is 5.32 Å². The summed E-state index contributed by atoms with van der Waals surface area (Å²) in [4.78, 5) is 8.13. The average molecular weight is 260 g/mol. The number of nitrogens with zero attached hydrogens (tertiary/aromatic N) is 2. The first kappa shape index (κ1) is 11.6. The highest BCUT2D eigenvalue weighted by atomic mass is 35.5. The van der Waals surface area contributed by atoms with E-state index in [9.17, 15) is 0 Å². The first-order valence-corrected chi connectivity index (χ1v) is 6.47. The first-order valence-electron chi connectivity index (χ1n) is 6.09.